The number of carbonyl (C=O) groups excluding carboxylic acids is 1. The lowest BCUT2D eigenvalue weighted by atomic mass is 9.61. The second kappa shape index (κ2) is 11.8. The van der Waals surface area contributed by atoms with Gasteiger partial charge in [-0.2, -0.15) is 39.5 Å². The first-order chi connectivity index (χ1) is 20.5. The smallest absolute Gasteiger partial charge is 0.393 e. The van der Waals surface area contributed by atoms with Crippen molar-refractivity contribution in [2.75, 3.05) is 0 Å². The number of allylic oxidation sites excluding steroid dienone is 4. The van der Waals surface area contributed by atoms with E-state index < -0.39 is 66.3 Å². The molecule has 0 aliphatic heterocycles. The minimum atomic E-state index is -7.18. The molecule has 45 heavy (non-hydrogen) atoms. The van der Waals surface area contributed by atoms with Gasteiger partial charge in [0.05, 0.1) is 23.7 Å². The van der Waals surface area contributed by atoms with E-state index in [4.69, 9.17) is 0 Å². The first kappa shape index (κ1) is 35.7. The number of aliphatic hydroxyl groups excluding tert-OH is 3. The van der Waals surface area contributed by atoms with Gasteiger partial charge in [-0.3, -0.25) is 4.79 Å². The van der Waals surface area contributed by atoms with Crippen molar-refractivity contribution in [3.05, 3.63) is 47.6 Å². The summed E-state index contributed by atoms with van der Waals surface area (Å²) in [5.74, 6) is -23.6. The molecule has 4 nitrogen and oxygen atoms in total. The Morgan fingerprint density at radius 1 is 0.956 bits per heavy atom. The summed E-state index contributed by atoms with van der Waals surface area (Å²) in [4.78, 5) is 12.5. The number of hydrogen-bond donors (Lipinski definition) is 3. The molecule has 0 bridgehead atoms. The molecule has 0 heterocycles. The third kappa shape index (κ3) is 5.94. The molecule has 4 rings (SSSR count). The molecule has 0 aromatic heterocycles. The minimum absolute atomic E-state index is 0.0256. The Hall–Kier alpha value is -2.12. The maximum atomic E-state index is 14.4. The van der Waals surface area contributed by atoms with Crippen molar-refractivity contribution in [1.82, 2.24) is 0 Å². The fraction of sp³-hybridized carbons (Fsp3) is 0.719. The highest BCUT2D eigenvalue weighted by Crippen LogP contribution is 2.61. The molecule has 4 aliphatic carbocycles. The predicted molar refractivity (Wildman–Crippen MR) is 147 cm³/mol. The zero-order valence-electron chi connectivity index (χ0n) is 25.0. The van der Waals surface area contributed by atoms with Crippen LogP contribution < -0.4 is 0 Å². The fourth-order valence-electron chi connectivity index (χ4n) is 7.83. The van der Waals surface area contributed by atoms with Crippen LogP contribution in [0.15, 0.2) is 47.6 Å². The van der Waals surface area contributed by atoms with Crippen LogP contribution in [0.1, 0.15) is 71.6 Å². The van der Waals surface area contributed by atoms with Gasteiger partial charge in [0.15, 0.2) is 0 Å². The van der Waals surface area contributed by atoms with E-state index >= 15 is 0 Å². The van der Waals surface area contributed by atoms with E-state index in [9.17, 15) is 59.6 Å². The number of Topliss-reactive ketones (excluding diaryl/α,β-unsaturated/α-hetero) is 1. The molecule has 254 valence electrons. The van der Waals surface area contributed by atoms with Gasteiger partial charge in [-0.1, -0.05) is 50.3 Å². The molecular weight excluding hydrogens is 619 g/mol. The van der Waals surface area contributed by atoms with Crippen molar-refractivity contribution >= 4 is 5.78 Å². The van der Waals surface area contributed by atoms with Gasteiger partial charge >= 0.3 is 23.9 Å². The van der Waals surface area contributed by atoms with E-state index in [1.54, 1.807) is 0 Å². The van der Waals surface area contributed by atoms with Gasteiger partial charge in [0.25, 0.3) is 0 Å². The van der Waals surface area contributed by atoms with Crippen molar-refractivity contribution in [3.63, 3.8) is 0 Å². The van der Waals surface area contributed by atoms with Crippen molar-refractivity contribution < 1.29 is 59.6 Å². The van der Waals surface area contributed by atoms with E-state index in [1.807, 2.05) is 19.1 Å². The summed E-state index contributed by atoms with van der Waals surface area (Å²) >= 11 is 0. The van der Waals surface area contributed by atoms with Gasteiger partial charge in [0.1, 0.15) is 0 Å². The lowest BCUT2D eigenvalue weighted by molar-refractivity contribution is -0.389. The van der Waals surface area contributed by atoms with Crippen LogP contribution >= 0.6 is 0 Å². The molecule has 13 heteroatoms. The summed E-state index contributed by atoms with van der Waals surface area (Å²) in [6.07, 6.45) is -0.683. The molecule has 3 N–H and O–H groups in total. The van der Waals surface area contributed by atoms with Gasteiger partial charge in [-0.25, -0.2) is 0 Å². The first-order valence-corrected chi connectivity index (χ1v) is 15.1. The molecular formula is C32H39F9O4. The Bertz CT molecular complexity index is 1260. The van der Waals surface area contributed by atoms with E-state index in [1.165, 1.54) is 11.6 Å². The van der Waals surface area contributed by atoms with Crippen molar-refractivity contribution in [3.8, 4) is 0 Å². The van der Waals surface area contributed by atoms with Crippen LogP contribution in [0.2, 0.25) is 0 Å². The lowest BCUT2D eigenvalue weighted by Gasteiger charge is -2.44. The Balaban J connectivity index is 1.49. The molecule has 0 spiro atoms. The van der Waals surface area contributed by atoms with Crippen LogP contribution in [-0.2, 0) is 4.79 Å². The lowest BCUT2D eigenvalue weighted by Crippen LogP contribution is -2.65. The molecule has 4 fully saturated rings. The van der Waals surface area contributed by atoms with Gasteiger partial charge in [0.2, 0.25) is 5.78 Å². The van der Waals surface area contributed by atoms with Crippen molar-refractivity contribution in [2.45, 2.75) is 114 Å². The molecule has 4 aliphatic rings. The second-order valence-corrected chi connectivity index (χ2v) is 13.6. The standard InChI is InChI=1S/C32H39F9O4/c1-17(6-11-25(44)28(13-14-28)26(45)29(33,34)30(35,36)31(37,38)32(39,40)41)22-9-10-23-19(5-4-12-27(22,23)3)7-8-20-15-21(42)16-24(43)18(20)2/h6-8,11,17,21-25,42-44H,2,4-5,9-10,12-16H2,1,3H3/b11-6+,19-7+,20-8-/t17-,21-,22-,23+,24+,25-,27-/m1/s1. The molecule has 0 aromatic rings. The van der Waals surface area contributed by atoms with Crippen molar-refractivity contribution in [1.29, 1.82) is 0 Å². The van der Waals surface area contributed by atoms with Crippen LogP contribution in [0.25, 0.3) is 0 Å². The highest BCUT2D eigenvalue weighted by atomic mass is 19.4. The summed E-state index contributed by atoms with van der Waals surface area (Å²) in [6, 6.07) is 0. The second-order valence-electron chi connectivity index (χ2n) is 13.6. The number of alkyl halides is 9. The molecule has 0 radical (unpaired) electrons. The third-order valence-electron chi connectivity index (χ3n) is 10.8. The summed E-state index contributed by atoms with van der Waals surface area (Å²) in [6.45, 7) is 7.87. The molecule has 0 unspecified atom stereocenters. The number of hydrogen-bond acceptors (Lipinski definition) is 4. The van der Waals surface area contributed by atoms with Crippen LogP contribution in [0, 0.1) is 28.6 Å². The largest absolute Gasteiger partial charge is 0.460 e. The predicted octanol–water partition coefficient (Wildman–Crippen LogP) is 7.50. The van der Waals surface area contributed by atoms with Gasteiger partial charge < -0.3 is 15.3 Å². The molecule has 7 atom stereocenters. The Labute approximate surface area is 255 Å². The third-order valence-corrected chi connectivity index (χ3v) is 10.8. The fourth-order valence-corrected chi connectivity index (χ4v) is 7.83. The summed E-state index contributed by atoms with van der Waals surface area (Å²) in [5, 5.41) is 30.8. The zero-order chi connectivity index (χ0) is 34.0. The quantitative estimate of drug-likeness (QED) is 0.177. The van der Waals surface area contributed by atoms with Gasteiger partial charge in [0, 0.05) is 6.42 Å². The Morgan fingerprint density at radius 2 is 1.58 bits per heavy atom. The van der Waals surface area contributed by atoms with Gasteiger partial charge in [-0.15, -0.1) is 0 Å². The van der Waals surface area contributed by atoms with Crippen LogP contribution in [0.5, 0.6) is 0 Å². The number of aliphatic hydroxyl groups is 3. The molecule has 4 saturated carbocycles. The van der Waals surface area contributed by atoms with Crippen LogP contribution in [0.3, 0.4) is 0 Å². The average molecular weight is 659 g/mol. The molecule has 0 saturated heterocycles. The van der Waals surface area contributed by atoms with E-state index in [0.717, 1.165) is 43.8 Å². The summed E-state index contributed by atoms with van der Waals surface area (Å²) < 4.78 is 121. The normalized spacial score (nSPS) is 34.3. The number of fused-ring (bicyclic) bond motifs is 1. The number of halogens is 9. The van der Waals surface area contributed by atoms with Crippen LogP contribution in [0.4, 0.5) is 39.5 Å². The van der Waals surface area contributed by atoms with E-state index in [0.29, 0.717) is 12.0 Å². The van der Waals surface area contributed by atoms with E-state index in [-0.39, 0.29) is 29.6 Å². The first-order valence-electron chi connectivity index (χ1n) is 15.1. The Morgan fingerprint density at radius 3 is 2.16 bits per heavy atom. The zero-order valence-corrected chi connectivity index (χ0v) is 25.0. The minimum Gasteiger partial charge on any atom is -0.393 e. The highest BCUT2D eigenvalue weighted by molar-refractivity contribution is 5.95. The topological polar surface area (TPSA) is 77.8 Å². The maximum absolute atomic E-state index is 14.4. The average Bonchev–Trinajstić information content (AvgIpc) is 3.67. The van der Waals surface area contributed by atoms with Gasteiger partial charge in [-0.05, 0) is 85.7 Å². The maximum Gasteiger partial charge on any atom is 0.460 e. The monoisotopic (exact) mass is 658 g/mol. The summed E-state index contributed by atoms with van der Waals surface area (Å²) in [5.41, 5.74) is -0.287. The van der Waals surface area contributed by atoms with Crippen LogP contribution in [-0.4, -0.2) is 63.4 Å². The molecule has 0 amide bonds. The molecule has 0 aromatic carbocycles. The number of carbonyl (C=O) groups is 1. The van der Waals surface area contributed by atoms with Crippen molar-refractivity contribution in [2.24, 2.45) is 28.6 Å². The Kier molecular flexibility index (Phi) is 9.40. The number of rotatable bonds is 9. The SMILES string of the molecule is C=C1/C(=C\C=C2/CCC[C@]3(C)[C@@H]([C@H](C)/C=C/[C@@H](O)C4(C(=O)C(F)(F)C(F)(F)C(F)(F)C(F)(F)F)CC4)CC[C@@H]23)C[C@@H](O)C[C@@H]1O. The summed E-state index contributed by atoms with van der Waals surface area (Å²) in [7, 11) is 0. The number of ketones is 1. The highest BCUT2D eigenvalue weighted by Gasteiger charge is 2.85. The van der Waals surface area contributed by atoms with E-state index in [2.05, 4.69) is 13.5 Å².